The summed E-state index contributed by atoms with van der Waals surface area (Å²) in [6.45, 7) is 5.40. The summed E-state index contributed by atoms with van der Waals surface area (Å²) in [4.78, 5) is 27.5. The zero-order valence-electron chi connectivity index (χ0n) is 16.7. The Balaban J connectivity index is 1.62. The van der Waals surface area contributed by atoms with E-state index < -0.39 is 0 Å². The highest BCUT2D eigenvalue weighted by molar-refractivity contribution is 5.88. The number of nitriles is 1. The topological polar surface area (TPSA) is 96.9 Å². The highest BCUT2D eigenvalue weighted by Gasteiger charge is 2.29. The van der Waals surface area contributed by atoms with Crippen LogP contribution in [0.2, 0.25) is 0 Å². The number of nitrogens with zero attached hydrogens (tertiary/aromatic N) is 6. The van der Waals surface area contributed by atoms with Crippen LogP contribution >= 0.6 is 0 Å². The summed E-state index contributed by atoms with van der Waals surface area (Å²) in [5.41, 5.74) is 2.39. The Morgan fingerprint density at radius 3 is 2.83 bits per heavy atom. The maximum Gasteiger partial charge on any atom is 0.252 e. The van der Waals surface area contributed by atoms with Crippen LogP contribution in [0.3, 0.4) is 0 Å². The van der Waals surface area contributed by atoms with Gasteiger partial charge in [0.05, 0.1) is 11.2 Å². The first kappa shape index (κ1) is 18.9. The van der Waals surface area contributed by atoms with Crippen LogP contribution in [0.1, 0.15) is 24.9 Å². The van der Waals surface area contributed by atoms with Gasteiger partial charge in [-0.05, 0) is 19.1 Å². The molecule has 4 rings (SSSR count). The molecule has 3 aromatic rings. The highest BCUT2D eigenvalue weighted by Crippen LogP contribution is 2.29. The van der Waals surface area contributed by atoms with Gasteiger partial charge in [0.15, 0.2) is 0 Å². The number of aromatic nitrogens is 4. The molecule has 2 atom stereocenters. The third-order valence-electron chi connectivity index (χ3n) is 5.37. The average Bonchev–Trinajstić information content (AvgIpc) is 2.72. The molecule has 0 radical (unpaired) electrons. The number of aryl methyl sites for hydroxylation is 2. The lowest BCUT2D eigenvalue weighted by Crippen LogP contribution is -2.45. The van der Waals surface area contributed by atoms with Crippen LogP contribution in [0, 0.1) is 24.2 Å². The van der Waals surface area contributed by atoms with Gasteiger partial charge in [-0.1, -0.05) is 6.92 Å². The third-order valence-corrected chi connectivity index (χ3v) is 5.37. The second-order valence-electron chi connectivity index (χ2n) is 7.41. The molecule has 1 aliphatic rings. The summed E-state index contributed by atoms with van der Waals surface area (Å²) in [5.74, 6) is 1.48. The zero-order chi connectivity index (χ0) is 20.5. The molecule has 0 aliphatic carbocycles. The molecule has 4 heterocycles. The van der Waals surface area contributed by atoms with E-state index >= 15 is 0 Å². The van der Waals surface area contributed by atoms with Crippen molar-refractivity contribution in [3.05, 3.63) is 52.3 Å². The number of ether oxygens (including phenoxy) is 1. The van der Waals surface area contributed by atoms with Gasteiger partial charge in [0.1, 0.15) is 29.2 Å². The van der Waals surface area contributed by atoms with E-state index in [-0.39, 0.29) is 17.6 Å². The lowest BCUT2D eigenvalue weighted by atomic mass is 9.96. The third kappa shape index (κ3) is 3.63. The number of anilines is 1. The average molecular weight is 390 g/mol. The highest BCUT2D eigenvalue weighted by atomic mass is 16.5. The van der Waals surface area contributed by atoms with Crippen LogP contribution in [-0.2, 0) is 7.05 Å². The number of pyridine rings is 2. The van der Waals surface area contributed by atoms with Gasteiger partial charge in [-0.15, -0.1) is 0 Å². The van der Waals surface area contributed by atoms with Crippen molar-refractivity contribution in [1.82, 2.24) is 19.5 Å². The number of fused-ring (bicyclic) bond motifs is 1. The van der Waals surface area contributed by atoms with E-state index in [2.05, 4.69) is 32.8 Å². The molecule has 29 heavy (non-hydrogen) atoms. The normalized spacial score (nSPS) is 19.2. The lowest BCUT2D eigenvalue weighted by molar-refractivity contribution is 0.115. The summed E-state index contributed by atoms with van der Waals surface area (Å²) < 4.78 is 7.66. The predicted octanol–water partition coefficient (Wildman–Crippen LogP) is 2.20. The van der Waals surface area contributed by atoms with Gasteiger partial charge in [-0.3, -0.25) is 4.79 Å². The molecule has 0 spiro atoms. The molecule has 0 saturated carbocycles. The SMILES string of the molecule is Cc1nccc(O[C@H]2CCN(c3cc(=O)n(C)c4ccc(C#N)nc34)C[C@H]2C)n1. The van der Waals surface area contributed by atoms with Crippen molar-refractivity contribution in [3.8, 4) is 11.9 Å². The minimum Gasteiger partial charge on any atom is -0.474 e. The number of hydrogen-bond donors (Lipinski definition) is 0. The molecule has 1 aliphatic heterocycles. The molecule has 0 bridgehead atoms. The van der Waals surface area contributed by atoms with Crippen LogP contribution < -0.4 is 15.2 Å². The van der Waals surface area contributed by atoms with Crippen molar-refractivity contribution in [2.45, 2.75) is 26.4 Å². The molecule has 148 valence electrons. The lowest BCUT2D eigenvalue weighted by Gasteiger charge is -2.38. The molecule has 0 aromatic carbocycles. The van der Waals surface area contributed by atoms with Crippen molar-refractivity contribution in [2.75, 3.05) is 18.0 Å². The molecule has 1 saturated heterocycles. The Bertz CT molecular complexity index is 1170. The van der Waals surface area contributed by atoms with Crippen LogP contribution in [0.4, 0.5) is 5.69 Å². The van der Waals surface area contributed by atoms with Crippen LogP contribution in [0.25, 0.3) is 11.0 Å². The van der Waals surface area contributed by atoms with E-state index in [0.29, 0.717) is 28.4 Å². The van der Waals surface area contributed by atoms with Gasteiger partial charge in [0.25, 0.3) is 5.56 Å². The number of hydrogen-bond acceptors (Lipinski definition) is 7. The summed E-state index contributed by atoms with van der Waals surface area (Å²) in [5, 5.41) is 9.24. The first-order valence-corrected chi connectivity index (χ1v) is 9.58. The van der Waals surface area contributed by atoms with E-state index in [9.17, 15) is 10.1 Å². The maximum absolute atomic E-state index is 12.5. The molecule has 1 fully saturated rings. The Kier molecular flexibility index (Phi) is 4.89. The summed E-state index contributed by atoms with van der Waals surface area (Å²) in [6.07, 6.45) is 2.52. The number of rotatable bonds is 3. The van der Waals surface area contributed by atoms with E-state index in [1.54, 1.807) is 42.1 Å². The van der Waals surface area contributed by atoms with Gasteiger partial charge in [0.2, 0.25) is 5.88 Å². The summed E-state index contributed by atoms with van der Waals surface area (Å²) in [6, 6.07) is 8.88. The van der Waals surface area contributed by atoms with E-state index in [0.717, 1.165) is 25.2 Å². The minimum absolute atomic E-state index is 0.0287. The molecule has 8 heteroatoms. The molecule has 3 aromatic heterocycles. The van der Waals surface area contributed by atoms with Gasteiger partial charge in [-0.25, -0.2) is 9.97 Å². The second-order valence-corrected chi connectivity index (χ2v) is 7.41. The fourth-order valence-electron chi connectivity index (χ4n) is 3.79. The fourth-order valence-corrected chi connectivity index (χ4v) is 3.79. The van der Waals surface area contributed by atoms with Crippen LogP contribution in [0.5, 0.6) is 5.88 Å². The van der Waals surface area contributed by atoms with E-state index in [4.69, 9.17) is 4.74 Å². The Labute approximate surface area is 168 Å². The molecule has 0 amide bonds. The largest absolute Gasteiger partial charge is 0.474 e. The van der Waals surface area contributed by atoms with Crippen LogP contribution in [-0.4, -0.2) is 38.7 Å². The van der Waals surface area contributed by atoms with Gasteiger partial charge >= 0.3 is 0 Å². The van der Waals surface area contributed by atoms with Crippen LogP contribution in [0.15, 0.2) is 35.3 Å². The van der Waals surface area contributed by atoms with Crippen molar-refractivity contribution in [2.24, 2.45) is 13.0 Å². The van der Waals surface area contributed by atoms with E-state index in [1.165, 1.54) is 0 Å². The van der Waals surface area contributed by atoms with Gasteiger partial charge in [0, 0.05) is 50.8 Å². The van der Waals surface area contributed by atoms with Crippen molar-refractivity contribution >= 4 is 16.7 Å². The van der Waals surface area contributed by atoms with Gasteiger partial charge < -0.3 is 14.2 Å². The minimum atomic E-state index is -0.0958. The van der Waals surface area contributed by atoms with Crippen molar-refractivity contribution in [3.63, 3.8) is 0 Å². The smallest absolute Gasteiger partial charge is 0.252 e. The fraction of sp³-hybridized carbons (Fsp3) is 0.381. The monoisotopic (exact) mass is 390 g/mol. The van der Waals surface area contributed by atoms with Crippen molar-refractivity contribution < 1.29 is 4.74 Å². The first-order chi connectivity index (χ1) is 14.0. The Morgan fingerprint density at radius 2 is 2.10 bits per heavy atom. The molecular formula is C21H22N6O2. The number of piperidine rings is 1. The molecule has 8 nitrogen and oxygen atoms in total. The summed E-state index contributed by atoms with van der Waals surface area (Å²) in [7, 11) is 1.72. The zero-order valence-corrected chi connectivity index (χ0v) is 16.7. The maximum atomic E-state index is 12.5. The quantitative estimate of drug-likeness (QED) is 0.676. The van der Waals surface area contributed by atoms with Gasteiger partial charge in [-0.2, -0.15) is 10.2 Å². The molecule has 0 unspecified atom stereocenters. The second kappa shape index (κ2) is 7.51. The van der Waals surface area contributed by atoms with Crippen molar-refractivity contribution in [1.29, 1.82) is 5.26 Å². The Hall–Kier alpha value is -3.47. The molecular weight excluding hydrogens is 368 g/mol. The molecule has 0 N–H and O–H groups in total. The first-order valence-electron chi connectivity index (χ1n) is 9.58. The predicted molar refractivity (Wildman–Crippen MR) is 109 cm³/mol. The standard InChI is InChI=1S/C21H22N6O2/c1-13-12-27(9-7-18(13)29-19-6-8-23-14(2)24-19)17-10-20(28)26(3)16-5-4-15(11-22)25-21(16)17/h4-6,8,10,13,18H,7,9,12H2,1-3H3/t13-,18+/m1/s1. The Morgan fingerprint density at radius 1 is 1.28 bits per heavy atom. The van der Waals surface area contributed by atoms with E-state index in [1.807, 2.05) is 6.92 Å². The summed E-state index contributed by atoms with van der Waals surface area (Å²) >= 11 is 0.